The number of methoxy groups -OCH3 is 3. The molecule has 0 amide bonds. The van der Waals surface area contributed by atoms with Crippen LogP contribution in [0.25, 0.3) is 16.8 Å². The first kappa shape index (κ1) is 28.2. The van der Waals surface area contributed by atoms with Gasteiger partial charge in [-0.25, -0.2) is 9.79 Å². The van der Waals surface area contributed by atoms with Gasteiger partial charge in [0.15, 0.2) is 4.80 Å². The second-order valence-electron chi connectivity index (χ2n) is 9.42. The fourth-order valence-corrected chi connectivity index (χ4v) is 6.23. The molecule has 0 unspecified atom stereocenters. The van der Waals surface area contributed by atoms with Gasteiger partial charge in [0.05, 0.1) is 43.7 Å². The van der Waals surface area contributed by atoms with Gasteiger partial charge < -0.3 is 18.9 Å². The van der Waals surface area contributed by atoms with Gasteiger partial charge in [-0.2, -0.15) is 0 Å². The molecule has 0 N–H and O–H groups in total. The number of hydrogen-bond acceptors (Lipinski definition) is 8. The number of allylic oxidation sites excluding steroid dienone is 1. The van der Waals surface area contributed by atoms with Crippen molar-refractivity contribution in [3.05, 3.63) is 96.7 Å². The average Bonchev–Trinajstić information content (AvgIpc) is 3.30. The Kier molecular flexibility index (Phi) is 8.26. The highest BCUT2D eigenvalue weighted by Gasteiger charge is 2.37. The van der Waals surface area contributed by atoms with E-state index >= 15 is 0 Å². The van der Waals surface area contributed by atoms with Crippen molar-refractivity contribution >= 4 is 34.2 Å². The van der Waals surface area contributed by atoms with Gasteiger partial charge in [0.1, 0.15) is 23.3 Å². The first-order chi connectivity index (χ1) is 19.9. The molecule has 5 rings (SSSR count). The Morgan fingerprint density at radius 1 is 1.00 bits per heavy atom. The summed E-state index contributed by atoms with van der Waals surface area (Å²) in [5.74, 6) is 1.31. The fraction of sp³-hybridized carbons (Fsp3) is 0.281. The Morgan fingerprint density at radius 2 is 1.76 bits per heavy atom. The Balaban J connectivity index is 1.88. The maximum atomic E-state index is 14.3. The van der Waals surface area contributed by atoms with Gasteiger partial charge in [0, 0.05) is 11.1 Å². The molecule has 0 saturated heterocycles. The lowest BCUT2D eigenvalue weighted by Gasteiger charge is -2.28. The van der Waals surface area contributed by atoms with Crippen LogP contribution in [-0.4, -0.2) is 38.5 Å². The first-order valence-electron chi connectivity index (χ1n) is 13.4. The number of rotatable bonds is 9. The van der Waals surface area contributed by atoms with Crippen molar-refractivity contribution in [2.45, 2.75) is 32.7 Å². The average molecular weight is 573 g/mol. The molecule has 0 aliphatic carbocycles. The van der Waals surface area contributed by atoms with E-state index in [1.54, 1.807) is 51.0 Å². The minimum absolute atomic E-state index is 0.196. The van der Waals surface area contributed by atoms with Crippen LogP contribution in [0.4, 0.5) is 0 Å². The monoisotopic (exact) mass is 572 g/mol. The SMILES string of the molecule is CCCC1=C(C(=O)OCC)[C@H](c2c(OC)ccc3ccccc23)n2c(s/c(=C\c3cc(OC)ccc3OC)c2=O)=N1. The predicted octanol–water partition coefficient (Wildman–Crippen LogP) is 4.76. The van der Waals surface area contributed by atoms with Crippen molar-refractivity contribution < 1.29 is 23.7 Å². The van der Waals surface area contributed by atoms with E-state index in [-0.39, 0.29) is 12.2 Å². The lowest BCUT2D eigenvalue weighted by Crippen LogP contribution is -2.40. The molecule has 0 spiro atoms. The zero-order chi connectivity index (χ0) is 29.1. The Labute approximate surface area is 241 Å². The van der Waals surface area contributed by atoms with Crippen LogP contribution in [0, 0.1) is 0 Å². The molecular formula is C32H32N2O6S. The normalized spacial score (nSPS) is 15.0. The lowest BCUT2D eigenvalue weighted by atomic mass is 9.90. The van der Waals surface area contributed by atoms with Crippen molar-refractivity contribution in [3.8, 4) is 17.2 Å². The third-order valence-corrected chi connectivity index (χ3v) is 8.02. The lowest BCUT2D eigenvalue weighted by molar-refractivity contribution is -0.139. The maximum Gasteiger partial charge on any atom is 0.338 e. The van der Waals surface area contributed by atoms with Crippen molar-refractivity contribution in [1.29, 1.82) is 0 Å². The van der Waals surface area contributed by atoms with Gasteiger partial charge in [0.25, 0.3) is 5.56 Å². The number of nitrogens with zero attached hydrogens (tertiary/aromatic N) is 2. The van der Waals surface area contributed by atoms with E-state index in [9.17, 15) is 9.59 Å². The Morgan fingerprint density at radius 3 is 2.46 bits per heavy atom. The van der Waals surface area contributed by atoms with E-state index in [1.165, 1.54) is 11.3 Å². The second-order valence-corrected chi connectivity index (χ2v) is 10.4. The van der Waals surface area contributed by atoms with Crippen molar-refractivity contribution in [3.63, 3.8) is 0 Å². The number of carbonyl (C=O) groups excluding carboxylic acids is 1. The zero-order valence-electron chi connectivity index (χ0n) is 23.7. The molecule has 9 heteroatoms. The van der Waals surface area contributed by atoms with Gasteiger partial charge in [-0.15, -0.1) is 0 Å². The van der Waals surface area contributed by atoms with Crippen LogP contribution < -0.4 is 29.1 Å². The van der Waals surface area contributed by atoms with E-state index < -0.39 is 12.0 Å². The van der Waals surface area contributed by atoms with Gasteiger partial charge in [-0.3, -0.25) is 9.36 Å². The minimum atomic E-state index is -0.803. The van der Waals surface area contributed by atoms with Gasteiger partial charge in [0.2, 0.25) is 0 Å². The van der Waals surface area contributed by atoms with E-state index in [0.29, 0.717) is 55.4 Å². The van der Waals surface area contributed by atoms with Gasteiger partial charge >= 0.3 is 5.97 Å². The topological polar surface area (TPSA) is 88.4 Å². The predicted molar refractivity (Wildman–Crippen MR) is 160 cm³/mol. The van der Waals surface area contributed by atoms with Crippen LogP contribution in [0.15, 0.2) is 75.7 Å². The highest BCUT2D eigenvalue weighted by molar-refractivity contribution is 7.07. The second kappa shape index (κ2) is 12.0. The van der Waals surface area contributed by atoms with Crippen molar-refractivity contribution in [1.82, 2.24) is 4.57 Å². The standard InChI is InChI=1S/C32H32N2O6S/c1-6-10-23-28(31(36)40-7-2)29(27-22-12-9-8-11-19(22)13-15-25(27)39-5)34-30(35)26(41-32(34)33-23)18-20-17-21(37-3)14-16-24(20)38-4/h8-9,11-18,29H,6-7,10H2,1-5H3/b26-18-/t29-/m0/s1. The molecule has 3 aromatic carbocycles. The highest BCUT2D eigenvalue weighted by Crippen LogP contribution is 2.41. The number of ether oxygens (including phenoxy) is 4. The number of esters is 1. The molecule has 212 valence electrons. The summed E-state index contributed by atoms with van der Waals surface area (Å²) in [5, 5.41) is 1.84. The molecule has 0 radical (unpaired) electrons. The molecule has 1 aromatic heterocycles. The van der Waals surface area contributed by atoms with Crippen LogP contribution >= 0.6 is 11.3 Å². The molecular weight excluding hydrogens is 540 g/mol. The van der Waals surface area contributed by atoms with Gasteiger partial charge in [-0.05, 0) is 54.5 Å². The Hall–Kier alpha value is -4.37. The maximum absolute atomic E-state index is 14.3. The number of thiazole rings is 1. The number of aromatic nitrogens is 1. The zero-order valence-corrected chi connectivity index (χ0v) is 24.5. The summed E-state index contributed by atoms with van der Waals surface area (Å²) in [6, 6.07) is 16.3. The van der Waals surface area contributed by atoms with E-state index in [2.05, 4.69) is 0 Å². The fourth-order valence-electron chi connectivity index (χ4n) is 5.22. The Bertz CT molecular complexity index is 1840. The number of carbonyl (C=O) groups is 1. The summed E-state index contributed by atoms with van der Waals surface area (Å²) in [4.78, 5) is 33.3. The molecule has 1 atom stereocenters. The van der Waals surface area contributed by atoms with Gasteiger partial charge in [-0.1, -0.05) is 55.0 Å². The summed E-state index contributed by atoms with van der Waals surface area (Å²) in [7, 11) is 4.76. The quantitative estimate of drug-likeness (QED) is 0.269. The van der Waals surface area contributed by atoms with Crippen LogP contribution in [0.3, 0.4) is 0 Å². The largest absolute Gasteiger partial charge is 0.497 e. The minimum Gasteiger partial charge on any atom is -0.497 e. The van der Waals surface area contributed by atoms with Crippen LogP contribution in [-0.2, 0) is 9.53 Å². The highest BCUT2D eigenvalue weighted by atomic mass is 32.1. The smallest absolute Gasteiger partial charge is 0.338 e. The van der Waals surface area contributed by atoms with Crippen LogP contribution in [0.1, 0.15) is 43.9 Å². The van der Waals surface area contributed by atoms with Crippen LogP contribution in [0.2, 0.25) is 0 Å². The molecule has 1 aliphatic rings. The van der Waals surface area contributed by atoms with Crippen molar-refractivity contribution in [2.75, 3.05) is 27.9 Å². The summed E-state index contributed by atoms with van der Waals surface area (Å²) < 4.78 is 24.4. The summed E-state index contributed by atoms with van der Waals surface area (Å²) >= 11 is 1.27. The summed E-state index contributed by atoms with van der Waals surface area (Å²) in [6.45, 7) is 3.99. The molecule has 0 bridgehead atoms. The van der Waals surface area contributed by atoms with Crippen LogP contribution in [0.5, 0.6) is 17.2 Å². The number of fused-ring (bicyclic) bond motifs is 2. The summed E-state index contributed by atoms with van der Waals surface area (Å²) in [6.07, 6.45) is 3.08. The van der Waals surface area contributed by atoms with E-state index in [1.807, 2.05) is 49.4 Å². The van der Waals surface area contributed by atoms with Crippen molar-refractivity contribution in [2.24, 2.45) is 4.99 Å². The third kappa shape index (κ3) is 5.13. The first-order valence-corrected chi connectivity index (χ1v) is 14.3. The number of hydrogen-bond donors (Lipinski definition) is 0. The number of benzene rings is 3. The molecule has 2 heterocycles. The molecule has 0 saturated carbocycles. The molecule has 4 aromatic rings. The third-order valence-electron chi connectivity index (χ3n) is 7.04. The molecule has 8 nitrogen and oxygen atoms in total. The van der Waals surface area contributed by atoms with E-state index in [0.717, 1.165) is 17.2 Å². The molecule has 0 fully saturated rings. The molecule has 41 heavy (non-hydrogen) atoms. The van der Waals surface area contributed by atoms with E-state index in [4.69, 9.17) is 23.9 Å². The molecule has 1 aliphatic heterocycles. The summed E-state index contributed by atoms with van der Waals surface area (Å²) in [5.41, 5.74) is 2.08.